The number of nitrogens with one attached hydrogen (secondary N) is 2. The van der Waals surface area contributed by atoms with Crippen LogP contribution in [0.4, 0.5) is 10.1 Å². The van der Waals surface area contributed by atoms with Crippen LogP contribution >= 0.6 is 0 Å². The van der Waals surface area contributed by atoms with Crippen molar-refractivity contribution in [1.82, 2.24) is 10.2 Å². The van der Waals surface area contributed by atoms with Gasteiger partial charge in [-0.15, -0.1) is 0 Å². The molecule has 0 heterocycles. The molecule has 2 N–H and O–H groups in total. The summed E-state index contributed by atoms with van der Waals surface area (Å²) in [5.41, 5.74) is 0.870. The Bertz CT molecular complexity index is 699. The van der Waals surface area contributed by atoms with Gasteiger partial charge in [-0.05, 0) is 93.0 Å². The van der Waals surface area contributed by atoms with Crippen molar-refractivity contribution in [2.75, 3.05) is 32.0 Å². The van der Waals surface area contributed by atoms with Crippen LogP contribution < -0.4 is 10.6 Å². The molecule has 0 aromatic heterocycles. The molecule has 5 rings (SSSR count). The molecular weight excluding hydrogens is 357 g/mol. The molecule has 0 unspecified atom stereocenters. The Morgan fingerprint density at radius 1 is 1.00 bits per heavy atom. The molecule has 4 bridgehead atoms. The number of halogens is 1. The van der Waals surface area contributed by atoms with Crippen molar-refractivity contribution in [1.29, 1.82) is 0 Å². The standard InChI is InChI=1S/C22H30FN3O2/c1-26(13-21(28)25-19-4-2-18(23)3-5-19)12-20(27)24-14-22-9-15-6-16(10-22)8-17(7-15)11-22/h2-5,15-17H,6-14H2,1H3,(H,24,27)(H,25,28). The maximum Gasteiger partial charge on any atom is 0.238 e. The summed E-state index contributed by atoms with van der Waals surface area (Å²) in [6, 6.07) is 5.64. The smallest absolute Gasteiger partial charge is 0.238 e. The van der Waals surface area contributed by atoms with Crippen LogP contribution in [0.1, 0.15) is 38.5 Å². The van der Waals surface area contributed by atoms with E-state index >= 15 is 0 Å². The molecule has 1 aromatic rings. The molecule has 4 saturated carbocycles. The van der Waals surface area contributed by atoms with E-state index in [-0.39, 0.29) is 30.7 Å². The molecule has 5 nitrogen and oxygen atoms in total. The Labute approximate surface area is 166 Å². The van der Waals surface area contributed by atoms with Crippen molar-refractivity contribution in [3.05, 3.63) is 30.1 Å². The van der Waals surface area contributed by atoms with Crippen molar-refractivity contribution in [3.63, 3.8) is 0 Å². The minimum Gasteiger partial charge on any atom is -0.354 e. The Morgan fingerprint density at radius 2 is 1.54 bits per heavy atom. The Kier molecular flexibility index (Phi) is 5.41. The van der Waals surface area contributed by atoms with E-state index in [1.807, 2.05) is 0 Å². The minimum atomic E-state index is -0.342. The number of rotatable bonds is 7. The molecule has 1 aromatic carbocycles. The van der Waals surface area contributed by atoms with E-state index in [1.54, 1.807) is 11.9 Å². The number of hydrogen-bond acceptors (Lipinski definition) is 3. The summed E-state index contributed by atoms with van der Waals surface area (Å²) in [6.45, 7) is 1.09. The molecule has 0 spiro atoms. The Balaban J connectivity index is 1.20. The van der Waals surface area contributed by atoms with E-state index in [9.17, 15) is 14.0 Å². The molecule has 0 atom stereocenters. The van der Waals surface area contributed by atoms with Crippen LogP contribution in [-0.4, -0.2) is 43.4 Å². The fraction of sp³-hybridized carbons (Fsp3) is 0.636. The normalized spacial score (nSPS) is 30.5. The summed E-state index contributed by atoms with van der Waals surface area (Å²) < 4.78 is 12.9. The first-order valence-electron chi connectivity index (χ1n) is 10.4. The highest BCUT2D eigenvalue weighted by atomic mass is 19.1. The lowest BCUT2D eigenvalue weighted by Gasteiger charge is -2.56. The van der Waals surface area contributed by atoms with Gasteiger partial charge in [0.05, 0.1) is 13.1 Å². The van der Waals surface area contributed by atoms with Crippen molar-refractivity contribution in [2.45, 2.75) is 38.5 Å². The molecule has 4 fully saturated rings. The van der Waals surface area contributed by atoms with Gasteiger partial charge in [0.25, 0.3) is 0 Å². The third kappa shape index (κ3) is 4.54. The predicted molar refractivity (Wildman–Crippen MR) is 106 cm³/mol. The first kappa shape index (κ1) is 19.4. The largest absolute Gasteiger partial charge is 0.354 e. The lowest BCUT2D eigenvalue weighted by atomic mass is 9.49. The highest BCUT2D eigenvalue weighted by Crippen LogP contribution is 2.59. The van der Waals surface area contributed by atoms with E-state index in [0.717, 1.165) is 24.3 Å². The van der Waals surface area contributed by atoms with Crippen LogP contribution in [-0.2, 0) is 9.59 Å². The van der Waals surface area contributed by atoms with Gasteiger partial charge in [0.1, 0.15) is 5.82 Å². The van der Waals surface area contributed by atoms with E-state index in [2.05, 4.69) is 10.6 Å². The lowest BCUT2D eigenvalue weighted by molar-refractivity contribution is -0.124. The minimum absolute atomic E-state index is 0.0205. The van der Waals surface area contributed by atoms with Crippen LogP contribution in [0.15, 0.2) is 24.3 Å². The predicted octanol–water partition coefficient (Wildman–Crippen LogP) is 3.03. The number of nitrogens with zero attached hydrogens (tertiary/aromatic N) is 1. The maximum absolute atomic E-state index is 12.9. The van der Waals surface area contributed by atoms with Crippen LogP contribution in [0.3, 0.4) is 0 Å². The van der Waals surface area contributed by atoms with E-state index in [4.69, 9.17) is 0 Å². The van der Waals surface area contributed by atoms with Crippen molar-refractivity contribution in [2.24, 2.45) is 23.2 Å². The van der Waals surface area contributed by atoms with E-state index in [1.165, 1.54) is 62.8 Å². The van der Waals surface area contributed by atoms with Crippen LogP contribution in [0, 0.1) is 29.0 Å². The second kappa shape index (κ2) is 7.82. The lowest BCUT2D eigenvalue weighted by Crippen LogP contribution is -2.52. The average Bonchev–Trinajstić information content (AvgIpc) is 2.61. The Hall–Kier alpha value is -1.95. The molecule has 4 aliphatic rings. The summed E-state index contributed by atoms with van der Waals surface area (Å²) >= 11 is 0. The third-order valence-corrected chi connectivity index (χ3v) is 6.78. The first-order chi connectivity index (χ1) is 13.4. The fourth-order valence-corrected chi connectivity index (χ4v) is 6.13. The first-order valence-corrected chi connectivity index (χ1v) is 10.4. The molecule has 2 amide bonds. The zero-order valence-corrected chi connectivity index (χ0v) is 16.5. The zero-order chi connectivity index (χ0) is 19.7. The van der Waals surface area contributed by atoms with Gasteiger partial charge in [-0.3, -0.25) is 14.5 Å². The SMILES string of the molecule is CN(CC(=O)NCC12CC3CC(CC(C3)C1)C2)CC(=O)Nc1ccc(F)cc1. The molecule has 4 aliphatic carbocycles. The van der Waals surface area contributed by atoms with Crippen LogP contribution in [0.2, 0.25) is 0 Å². The van der Waals surface area contributed by atoms with Gasteiger partial charge >= 0.3 is 0 Å². The number of anilines is 1. The number of hydrogen-bond donors (Lipinski definition) is 2. The van der Waals surface area contributed by atoms with Crippen LogP contribution in [0.25, 0.3) is 0 Å². The highest BCUT2D eigenvalue weighted by Gasteiger charge is 2.50. The molecule has 152 valence electrons. The van der Waals surface area contributed by atoms with Gasteiger partial charge in [0.15, 0.2) is 0 Å². The summed E-state index contributed by atoms with van der Waals surface area (Å²) in [7, 11) is 1.76. The average molecular weight is 387 g/mol. The fourth-order valence-electron chi connectivity index (χ4n) is 6.13. The molecule has 6 heteroatoms. The summed E-state index contributed by atoms with van der Waals surface area (Å²) in [6.07, 6.45) is 8.02. The second-order valence-corrected chi connectivity index (χ2v) is 9.42. The topological polar surface area (TPSA) is 61.4 Å². The zero-order valence-electron chi connectivity index (χ0n) is 16.5. The summed E-state index contributed by atoms with van der Waals surface area (Å²) in [4.78, 5) is 26.2. The van der Waals surface area contributed by atoms with Gasteiger partial charge in [0.2, 0.25) is 11.8 Å². The number of likely N-dealkylation sites (N-methyl/N-ethyl adjacent to an activating group) is 1. The molecule has 0 saturated heterocycles. The van der Waals surface area contributed by atoms with Crippen molar-refractivity contribution >= 4 is 17.5 Å². The van der Waals surface area contributed by atoms with Crippen LogP contribution in [0.5, 0.6) is 0 Å². The van der Waals surface area contributed by atoms with Gasteiger partial charge in [-0.25, -0.2) is 4.39 Å². The molecule has 0 radical (unpaired) electrons. The van der Waals surface area contributed by atoms with E-state index < -0.39 is 0 Å². The number of benzene rings is 1. The van der Waals surface area contributed by atoms with Gasteiger partial charge in [-0.2, -0.15) is 0 Å². The summed E-state index contributed by atoms with van der Waals surface area (Å²) in [5, 5.41) is 5.86. The van der Waals surface area contributed by atoms with Crippen molar-refractivity contribution < 1.29 is 14.0 Å². The molecule has 28 heavy (non-hydrogen) atoms. The maximum atomic E-state index is 12.9. The number of carbonyl (C=O) groups is 2. The van der Waals surface area contributed by atoms with Gasteiger partial charge in [0, 0.05) is 12.2 Å². The summed E-state index contributed by atoms with van der Waals surface area (Å²) in [5.74, 6) is 2.05. The third-order valence-electron chi connectivity index (χ3n) is 6.78. The van der Waals surface area contributed by atoms with Gasteiger partial charge < -0.3 is 10.6 Å². The Morgan fingerprint density at radius 3 is 2.11 bits per heavy atom. The van der Waals surface area contributed by atoms with E-state index in [0.29, 0.717) is 11.1 Å². The number of amides is 2. The second-order valence-electron chi connectivity index (χ2n) is 9.42. The quantitative estimate of drug-likeness (QED) is 0.756. The molecular formula is C22H30FN3O2. The number of carbonyl (C=O) groups excluding carboxylic acids is 2. The monoisotopic (exact) mass is 387 g/mol. The van der Waals surface area contributed by atoms with Gasteiger partial charge in [-0.1, -0.05) is 0 Å². The molecule has 0 aliphatic heterocycles. The highest BCUT2D eigenvalue weighted by molar-refractivity contribution is 5.92. The van der Waals surface area contributed by atoms with Crippen molar-refractivity contribution in [3.8, 4) is 0 Å².